The van der Waals surface area contributed by atoms with E-state index in [4.69, 9.17) is 20.8 Å². The summed E-state index contributed by atoms with van der Waals surface area (Å²) in [5, 5.41) is 0.640. The molecule has 1 N–H and O–H groups in total. The van der Waals surface area contributed by atoms with E-state index in [9.17, 15) is 14.4 Å². The highest BCUT2D eigenvalue weighted by atomic mass is 35.5. The number of halogens is 1. The molecule has 3 aromatic rings. The van der Waals surface area contributed by atoms with Crippen molar-refractivity contribution >= 4 is 34.6 Å². The lowest BCUT2D eigenvalue weighted by Crippen LogP contribution is -2.49. The first kappa shape index (κ1) is 22.1. The van der Waals surface area contributed by atoms with E-state index in [2.05, 4.69) is 9.88 Å². The van der Waals surface area contributed by atoms with E-state index in [1.54, 1.807) is 29.2 Å². The van der Waals surface area contributed by atoms with Gasteiger partial charge in [0, 0.05) is 49.7 Å². The van der Waals surface area contributed by atoms with Crippen LogP contribution in [-0.4, -0.2) is 59.4 Å². The SMILES string of the molecule is Cc1cc2[nH]c(=O)oc2cc1C(=O)CCN1CCN(C(=O)OCc2ccc(Cl)cc2)CC1. The first-order valence-electron chi connectivity index (χ1n) is 10.4. The van der Waals surface area contributed by atoms with Gasteiger partial charge in [0.05, 0.1) is 5.52 Å². The number of amides is 1. The molecular formula is C23H24ClN3O5. The van der Waals surface area contributed by atoms with Crippen molar-refractivity contribution in [2.24, 2.45) is 0 Å². The van der Waals surface area contributed by atoms with Crippen molar-refractivity contribution in [3.63, 3.8) is 0 Å². The van der Waals surface area contributed by atoms with Gasteiger partial charge in [-0.3, -0.25) is 14.7 Å². The number of rotatable bonds is 6. The number of hydrogen-bond donors (Lipinski definition) is 1. The Kier molecular flexibility index (Phi) is 6.62. The minimum absolute atomic E-state index is 0.00180. The second-order valence-corrected chi connectivity index (χ2v) is 8.30. The Bertz CT molecular complexity index is 1180. The summed E-state index contributed by atoms with van der Waals surface area (Å²) in [5.74, 6) is -0.536. The second-order valence-electron chi connectivity index (χ2n) is 7.86. The molecule has 0 atom stereocenters. The van der Waals surface area contributed by atoms with Gasteiger partial charge < -0.3 is 14.1 Å². The normalized spacial score (nSPS) is 14.6. The average molecular weight is 458 g/mol. The van der Waals surface area contributed by atoms with Gasteiger partial charge in [0.2, 0.25) is 0 Å². The number of piperazine rings is 1. The monoisotopic (exact) mass is 457 g/mol. The summed E-state index contributed by atoms with van der Waals surface area (Å²) in [7, 11) is 0. The first-order chi connectivity index (χ1) is 15.4. The van der Waals surface area contributed by atoms with Gasteiger partial charge in [0.1, 0.15) is 6.61 Å². The predicted molar refractivity (Wildman–Crippen MR) is 120 cm³/mol. The Morgan fingerprint density at radius 2 is 1.84 bits per heavy atom. The van der Waals surface area contributed by atoms with E-state index in [1.165, 1.54) is 0 Å². The molecule has 1 aliphatic rings. The number of oxazole rings is 1. The average Bonchev–Trinajstić information content (AvgIpc) is 3.15. The number of carbonyl (C=O) groups is 2. The topological polar surface area (TPSA) is 95.9 Å². The molecule has 0 spiro atoms. The minimum atomic E-state index is -0.534. The standard InChI is InChI=1S/C23H24ClN3O5/c1-15-12-19-21(32-22(29)25-19)13-18(15)20(28)6-7-26-8-10-27(11-9-26)23(30)31-14-16-2-4-17(24)5-3-16/h2-5,12-13H,6-11,14H2,1H3,(H,25,29). The summed E-state index contributed by atoms with van der Waals surface area (Å²) >= 11 is 5.86. The van der Waals surface area contributed by atoms with E-state index in [1.807, 2.05) is 19.1 Å². The van der Waals surface area contributed by atoms with Crippen molar-refractivity contribution < 1.29 is 18.7 Å². The van der Waals surface area contributed by atoms with E-state index in [0.29, 0.717) is 60.8 Å². The number of ether oxygens (including phenoxy) is 1. The van der Waals surface area contributed by atoms with Gasteiger partial charge in [0.15, 0.2) is 11.4 Å². The third kappa shape index (κ3) is 5.20. The number of nitrogens with zero attached hydrogens (tertiary/aromatic N) is 2. The number of benzene rings is 2. The molecule has 0 saturated carbocycles. The number of fused-ring (bicyclic) bond motifs is 1. The maximum atomic E-state index is 12.7. The van der Waals surface area contributed by atoms with Gasteiger partial charge in [-0.2, -0.15) is 0 Å². The number of nitrogens with one attached hydrogen (secondary N) is 1. The van der Waals surface area contributed by atoms with Gasteiger partial charge in [-0.1, -0.05) is 23.7 Å². The lowest BCUT2D eigenvalue weighted by Gasteiger charge is -2.34. The van der Waals surface area contributed by atoms with Crippen LogP contribution in [0, 0.1) is 6.92 Å². The number of ketones is 1. The van der Waals surface area contributed by atoms with Crippen molar-refractivity contribution in [2.75, 3.05) is 32.7 Å². The van der Waals surface area contributed by atoms with E-state index in [-0.39, 0.29) is 18.5 Å². The number of aryl methyl sites for hydroxylation is 1. The third-order valence-electron chi connectivity index (χ3n) is 5.63. The molecule has 1 saturated heterocycles. The van der Waals surface area contributed by atoms with Crippen LogP contribution in [0.15, 0.2) is 45.6 Å². The number of H-pyrrole nitrogens is 1. The van der Waals surface area contributed by atoms with Crippen LogP contribution < -0.4 is 5.76 Å². The molecule has 1 fully saturated rings. The Balaban J connectivity index is 1.24. The Labute approximate surface area is 189 Å². The van der Waals surface area contributed by atoms with Gasteiger partial charge in [0.25, 0.3) is 0 Å². The maximum Gasteiger partial charge on any atom is 0.417 e. The van der Waals surface area contributed by atoms with E-state index in [0.717, 1.165) is 11.1 Å². The van der Waals surface area contributed by atoms with Gasteiger partial charge >= 0.3 is 11.8 Å². The molecule has 2 heterocycles. The second kappa shape index (κ2) is 9.58. The fourth-order valence-electron chi connectivity index (χ4n) is 3.77. The number of hydrogen-bond acceptors (Lipinski definition) is 6. The molecule has 32 heavy (non-hydrogen) atoms. The number of Topliss-reactive ketones (excluding diaryl/α,β-unsaturated/α-hetero) is 1. The molecule has 8 nitrogen and oxygen atoms in total. The summed E-state index contributed by atoms with van der Waals surface area (Å²) < 4.78 is 10.5. The highest BCUT2D eigenvalue weighted by Gasteiger charge is 2.23. The number of aromatic amines is 1. The number of aromatic nitrogens is 1. The zero-order valence-corrected chi connectivity index (χ0v) is 18.5. The molecule has 168 valence electrons. The van der Waals surface area contributed by atoms with E-state index < -0.39 is 5.76 Å². The van der Waals surface area contributed by atoms with Crippen LogP contribution in [0.4, 0.5) is 4.79 Å². The molecule has 2 aromatic carbocycles. The molecule has 0 radical (unpaired) electrons. The van der Waals surface area contributed by atoms with Crippen molar-refractivity contribution in [2.45, 2.75) is 20.0 Å². The maximum absolute atomic E-state index is 12.7. The van der Waals surface area contributed by atoms with Crippen molar-refractivity contribution in [3.05, 3.63) is 68.7 Å². The fraction of sp³-hybridized carbons (Fsp3) is 0.348. The van der Waals surface area contributed by atoms with Crippen LogP contribution in [0.25, 0.3) is 11.1 Å². The lowest BCUT2D eigenvalue weighted by molar-refractivity contribution is 0.0696. The lowest BCUT2D eigenvalue weighted by atomic mass is 10.0. The third-order valence-corrected chi connectivity index (χ3v) is 5.88. The Morgan fingerprint density at radius 1 is 1.12 bits per heavy atom. The predicted octanol–water partition coefficient (Wildman–Crippen LogP) is 3.61. The van der Waals surface area contributed by atoms with Crippen molar-refractivity contribution in [1.82, 2.24) is 14.8 Å². The first-order valence-corrected chi connectivity index (χ1v) is 10.8. The van der Waals surface area contributed by atoms with Gasteiger partial charge in [-0.15, -0.1) is 0 Å². The molecule has 0 unspecified atom stereocenters. The van der Waals surface area contributed by atoms with Gasteiger partial charge in [-0.25, -0.2) is 9.59 Å². The summed E-state index contributed by atoms with van der Waals surface area (Å²) in [4.78, 5) is 42.8. The van der Waals surface area contributed by atoms with Crippen LogP contribution in [0.3, 0.4) is 0 Å². The molecule has 1 aromatic heterocycles. The quantitative estimate of drug-likeness (QED) is 0.568. The molecular weight excluding hydrogens is 434 g/mol. The zero-order valence-electron chi connectivity index (χ0n) is 17.7. The summed E-state index contributed by atoms with van der Waals surface area (Å²) in [5.41, 5.74) is 3.21. The van der Waals surface area contributed by atoms with Crippen LogP contribution in [0.5, 0.6) is 0 Å². The number of carbonyl (C=O) groups excluding carboxylic acids is 2. The Hall–Kier alpha value is -3.10. The van der Waals surface area contributed by atoms with Crippen LogP contribution in [0.1, 0.15) is 27.9 Å². The van der Waals surface area contributed by atoms with Crippen LogP contribution in [0.2, 0.25) is 5.02 Å². The van der Waals surface area contributed by atoms with Gasteiger partial charge in [-0.05, 0) is 42.3 Å². The molecule has 1 aliphatic heterocycles. The Morgan fingerprint density at radius 3 is 2.56 bits per heavy atom. The van der Waals surface area contributed by atoms with E-state index >= 15 is 0 Å². The molecule has 1 amide bonds. The fourth-order valence-corrected chi connectivity index (χ4v) is 3.90. The summed E-state index contributed by atoms with van der Waals surface area (Å²) in [6, 6.07) is 10.6. The highest BCUT2D eigenvalue weighted by Crippen LogP contribution is 2.19. The highest BCUT2D eigenvalue weighted by molar-refractivity contribution is 6.30. The molecule has 9 heteroatoms. The van der Waals surface area contributed by atoms with Crippen LogP contribution in [-0.2, 0) is 11.3 Å². The smallest absolute Gasteiger partial charge is 0.417 e. The van der Waals surface area contributed by atoms with Crippen LogP contribution >= 0.6 is 11.6 Å². The van der Waals surface area contributed by atoms with Crippen molar-refractivity contribution in [1.29, 1.82) is 0 Å². The summed E-state index contributed by atoms with van der Waals surface area (Å²) in [6.07, 6.45) is 0.00903. The summed E-state index contributed by atoms with van der Waals surface area (Å²) in [6.45, 7) is 5.09. The van der Waals surface area contributed by atoms with Crippen molar-refractivity contribution in [3.8, 4) is 0 Å². The molecule has 0 aliphatic carbocycles. The molecule has 4 rings (SSSR count). The largest absolute Gasteiger partial charge is 0.445 e. The minimum Gasteiger partial charge on any atom is -0.445 e. The zero-order chi connectivity index (χ0) is 22.7. The molecule has 0 bridgehead atoms.